The Hall–Kier alpha value is -0.0300. The summed E-state index contributed by atoms with van der Waals surface area (Å²) in [6.45, 7) is 0.900. The minimum atomic E-state index is 0.756. The van der Waals surface area contributed by atoms with Gasteiger partial charge in [-0.25, -0.2) is 0 Å². The van der Waals surface area contributed by atoms with Crippen LogP contribution >= 0.6 is 22.6 Å². The van der Waals surface area contributed by atoms with Crippen molar-refractivity contribution in [2.45, 2.75) is 38.3 Å². The molecule has 2 bridgehead atoms. The van der Waals surface area contributed by atoms with Gasteiger partial charge in [0.05, 0.1) is 6.54 Å². The molecule has 3 heteroatoms. The van der Waals surface area contributed by atoms with Crippen molar-refractivity contribution in [3.63, 3.8) is 0 Å². The first-order valence-corrected chi connectivity index (χ1v) is 6.87. The Balaban J connectivity index is 1.54. The van der Waals surface area contributed by atoms with Gasteiger partial charge >= 0.3 is 0 Å². The van der Waals surface area contributed by atoms with E-state index >= 15 is 0 Å². The van der Waals surface area contributed by atoms with Crippen molar-refractivity contribution in [1.82, 2.24) is 5.32 Å². The highest BCUT2D eigenvalue weighted by Gasteiger charge is 2.39. The highest BCUT2D eigenvalue weighted by Crippen LogP contribution is 2.44. The molecule has 2 aliphatic rings. The van der Waals surface area contributed by atoms with E-state index in [2.05, 4.69) is 34.0 Å². The van der Waals surface area contributed by atoms with Crippen LogP contribution in [-0.4, -0.2) is 6.04 Å². The zero-order valence-corrected chi connectivity index (χ0v) is 10.9. The molecule has 0 saturated heterocycles. The third kappa shape index (κ3) is 2.09. The van der Waals surface area contributed by atoms with Crippen molar-refractivity contribution in [3.05, 3.63) is 21.7 Å². The lowest BCUT2D eigenvalue weighted by molar-refractivity contribution is 0.336. The van der Waals surface area contributed by atoms with Crippen LogP contribution < -0.4 is 5.32 Å². The first-order chi connectivity index (χ1) is 7.31. The Morgan fingerprint density at radius 2 is 2.27 bits per heavy atom. The zero-order valence-electron chi connectivity index (χ0n) is 8.71. The Labute approximate surface area is 104 Å². The van der Waals surface area contributed by atoms with Crippen LogP contribution in [0.15, 0.2) is 16.5 Å². The van der Waals surface area contributed by atoms with Crippen LogP contribution in [0, 0.1) is 15.6 Å². The second-order valence-corrected chi connectivity index (χ2v) is 5.93. The topological polar surface area (TPSA) is 25.2 Å². The Morgan fingerprint density at radius 3 is 2.87 bits per heavy atom. The number of fused-ring (bicyclic) bond motifs is 2. The molecule has 82 valence electrons. The number of halogens is 1. The number of hydrogen-bond donors (Lipinski definition) is 1. The molecule has 15 heavy (non-hydrogen) atoms. The van der Waals surface area contributed by atoms with Crippen LogP contribution in [0.3, 0.4) is 0 Å². The summed E-state index contributed by atoms with van der Waals surface area (Å²) in [6, 6.07) is 4.85. The van der Waals surface area contributed by atoms with Gasteiger partial charge in [0.1, 0.15) is 5.76 Å². The number of hydrogen-bond acceptors (Lipinski definition) is 2. The second-order valence-electron chi connectivity index (χ2n) is 4.87. The molecule has 0 aliphatic heterocycles. The lowest BCUT2D eigenvalue weighted by Crippen LogP contribution is -2.33. The smallest absolute Gasteiger partial charge is 0.164 e. The maximum atomic E-state index is 5.55. The lowest BCUT2D eigenvalue weighted by Gasteiger charge is -2.22. The summed E-state index contributed by atoms with van der Waals surface area (Å²) in [4.78, 5) is 0. The van der Waals surface area contributed by atoms with E-state index in [-0.39, 0.29) is 0 Å². The Bertz CT molecular complexity index is 349. The summed E-state index contributed by atoms with van der Waals surface area (Å²) in [5.41, 5.74) is 0. The summed E-state index contributed by atoms with van der Waals surface area (Å²) < 4.78 is 6.53. The van der Waals surface area contributed by atoms with Crippen LogP contribution in [0.1, 0.15) is 31.4 Å². The van der Waals surface area contributed by atoms with Gasteiger partial charge in [-0.05, 0) is 65.8 Å². The molecule has 2 saturated carbocycles. The van der Waals surface area contributed by atoms with E-state index in [0.29, 0.717) is 0 Å². The molecule has 3 unspecified atom stereocenters. The molecule has 2 nitrogen and oxygen atoms in total. The molecule has 0 amide bonds. The first kappa shape index (κ1) is 10.1. The number of rotatable bonds is 3. The average Bonchev–Trinajstić information content (AvgIpc) is 2.90. The summed E-state index contributed by atoms with van der Waals surface area (Å²) in [5, 5.41) is 3.65. The van der Waals surface area contributed by atoms with E-state index < -0.39 is 0 Å². The van der Waals surface area contributed by atoms with E-state index in [4.69, 9.17) is 4.42 Å². The van der Waals surface area contributed by atoms with Crippen LogP contribution in [0.5, 0.6) is 0 Å². The SMILES string of the molecule is Ic1ccc(CNC2CC3CCC2C3)o1. The molecule has 3 atom stereocenters. The second kappa shape index (κ2) is 4.09. The van der Waals surface area contributed by atoms with Gasteiger partial charge in [0.25, 0.3) is 0 Å². The Kier molecular flexibility index (Phi) is 2.77. The van der Waals surface area contributed by atoms with E-state index in [1.54, 1.807) is 0 Å². The standard InChI is InChI=1S/C12H16INO/c13-12-4-3-10(15-12)7-14-11-6-8-1-2-9(11)5-8/h3-4,8-9,11,14H,1-2,5-7H2. The number of nitrogens with one attached hydrogen (secondary N) is 1. The maximum Gasteiger partial charge on any atom is 0.164 e. The predicted octanol–water partition coefficient (Wildman–Crippen LogP) is 3.16. The molecule has 2 fully saturated rings. The molecule has 1 heterocycles. The maximum absolute atomic E-state index is 5.55. The van der Waals surface area contributed by atoms with Gasteiger partial charge < -0.3 is 9.73 Å². The normalized spacial score (nSPS) is 33.8. The minimum Gasteiger partial charge on any atom is -0.454 e. The highest BCUT2D eigenvalue weighted by molar-refractivity contribution is 14.1. The minimum absolute atomic E-state index is 0.756. The summed E-state index contributed by atoms with van der Waals surface area (Å²) in [5.74, 6) is 3.04. The summed E-state index contributed by atoms with van der Waals surface area (Å²) >= 11 is 2.21. The van der Waals surface area contributed by atoms with Crippen molar-refractivity contribution in [2.75, 3.05) is 0 Å². The van der Waals surface area contributed by atoms with Crippen LogP contribution in [0.4, 0.5) is 0 Å². The highest BCUT2D eigenvalue weighted by atomic mass is 127. The van der Waals surface area contributed by atoms with Gasteiger partial charge in [0, 0.05) is 6.04 Å². The lowest BCUT2D eigenvalue weighted by atomic mass is 9.95. The fraction of sp³-hybridized carbons (Fsp3) is 0.667. The van der Waals surface area contributed by atoms with Crippen LogP contribution in [0.25, 0.3) is 0 Å². The van der Waals surface area contributed by atoms with Crippen molar-refractivity contribution in [1.29, 1.82) is 0 Å². The summed E-state index contributed by atoms with van der Waals surface area (Å²) in [7, 11) is 0. The Morgan fingerprint density at radius 1 is 1.33 bits per heavy atom. The van der Waals surface area contributed by atoms with Gasteiger partial charge in [-0.1, -0.05) is 6.42 Å². The molecular formula is C12H16INO. The van der Waals surface area contributed by atoms with Gasteiger partial charge in [-0.15, -0.1) is 0 Å². The fourth-order valence-corrected chi connectivity index (χ4v) is 3.64. The number of furan rings is 1. The molecule has 3 rings (SSSR count). The van der Waals surface area contributed by atoms with Crippen molar-refractivity contribution >= 4 is 22.6 Å². The van der Waals surface area contributed by atoms with Crippen molar-refractivity contribution < 1.29 is 4.42 Å². The molecule has 0 aromatic carbocycles. The molecule has 0 radical (unpaired) electrons. The molecule has 2 aliphatic carbocycles. The monoisotopic (exact) mass is 317 g/mol. The van der Waals surface area contributed by atoms with Gasteiger partial charge in [-0.3, -0.25) is 0 Å². The fourth-order valence-electron chi connectivity index (χ4n) is 3.17. The van der Waals surface area contributed by atoms with E-state index in [0.717, 1.165) is 33.9 Å². The third-order valence-corrected chi connectivity index (χ3v) is 4.49. The average molecular weight is 317 g/mol. The van der Waals surface area contributed by atoms with Crippen LogP contribution in [0.2, 0.25) is 0 Å². The molecule has 1 aromatic heterocycles. The van der Waals surface area contributed by atoms with Crippen LogP contribution in [-0.2, 0) is 6.54 Å². The van der Waals surface area contributed by atoms with E-state index in [9.17, 15) is 0 Å². The van der Waals surface area contributed by atoms with Crippen molar-refractivity contribution in [3.8, 4) is 0 Å². The van der Waals surface area contributed by atoms with Crippen molar-refractivity contribution in [2.24, 2.45) is 11.8 Å². The van der Waals surface area contributed by atoms with E-state index in [1.165, 1.54) is 25.7 Å². The zero-order chi connectivity index (χ0) is 10.3. The third-order valence-electron chi connectivity index (χ3n) is 3.91. The first-order valence-electron chi connectivity index (χ1n) is 5.79. The van der Waals surface area contributed by atoms with Gasteiger partial charge in [0.2, 0.25) is 0 Å². The molecule has 0 spiro atoms. The predicted molar refractivity (Wildman–Crippen MR) is 67.5 cm³/mol. The molecule has 1 N–H and O–H groups in total. The van der Waals surface area contributed by atoms with E-state index in [1.807, 2.05) is 6.07 Å². The molecular weight excluding hydrogens is 301 g/mol. The molecule has 1 aromatic rings. The quantitative estimate of drug-likeness (QED) is 0.867. The largest absolute Gasteiger partial charge is 0.454 e. The van der Waals surface area contributed by atoms with Gasteiger partial charge in [-0.2, -0.15) is 0 Å². The summed E-state index contributed by atoms with van der Waals surface area (Å²) in [6.07, 6.45) is 5.77. The van der Waals surface area contributed by atoms with Gasteiger partial charge in [0.15, 0.2) is 3.77 Å².